The first-order chi connectivity index (χ1) is 22.9. The van der Waals surface area contributed by atoms with Gasteiger partial charge in [0.05, 0.1) is 5.69 Å². The summed E-state index contributed by atoms with van der Waals surface area (Å²) in [4.78, 5) is 4.47. The van der Waals surface area contributed by atoms with Gasteiger partial charge in [-0.05, 0) is 122 Å². The first-order valence-corrected chi connectivity index (χ1v) is 12.6. The molecule has 5 aromatic rings. The maximum atomic E-state index is 9.27. The predicted octanol–water partition coefficient (Wildman–Crippen LogP) is 10.2. The van der Waals surface area contributed by atoms with E-state index in [9.17, 15) is 1.37 Å². The van der Waals surface area contributed by atoms with Crippen LogP contribution in [0.4, 0.5) is 0 Å². The van der Waals surface area contributed by atoms with E-state index in [1.165, 1.54) is 24.4 Å². The highest BCUT2D eigenvalue weighted by atomic mass is 16.3. The summed E-state index contributed by atoms with van der Waals surface area (Å²) in [6.07, 6.45) is 3.96. The number of aromatic nitrogens is 1. The Bertz CT molecular complexity index is 2100. The van der Waals surface area contributed by atoms with Crippen molar-refractivity contribution in [1.82, 2.24) is 4.98 Å². The Morgan fingerprint density at radius 2 is 1.65 bits per heavy atom. The molecule has 3 aromatic carbocycles. The second kappa shape index (κ2) is 8.87. The molecule has 0 spiro atoms. The molecule has 0 aliphatic heterocycles. The highest BCUT2D eigenvalue weighted by Crippen LogP contribution is 2.43. The normalized spacial score (nSPS) is 23.5. The SMILES string of the molecule is [2H]C([2H])([2H])c1cc(C([2H])([2H])[2H])c2oc3c(-c4cc(-c5ccc(C6([2H])CCC(C)(C)CC6)cc5C([2H])([2H])[2H])c(C([2H])([2H])[2H])cn4)cccc3c2c1. The van der Waals surface area contributed by atoms with Crippen LogP contribution in [0.25, 0.3) is 44.3 Å². The molecule has 1 aliphatic carbocycles. The van der Waals surface area contributed by atoms with Gasteiger partial charge in [0.15, 0.2) is 0 Å². The van der Waals surface area contributed by atoms with Gasteiger partial charge < -0.3 is 4.42 Å². The first kappa shape index (κ1) is 13.4. The van der Waals surface area contributed by atoms with Crippen LogP contribution in [0.2, 0.25) is 0 Å². The lowest BCUT2D eigenvalue weighted by Crippen LogP contribution is -2.20. The van der Waals surface area contributed by atoms with E-state index in [0.29, 0.717) is 29.4 Å². The molecular formula is C35H37NO. The van der Waals surface area contributed by atoms with E-state index in [1.54, 1.807) is 30.3 Å². The van der Waals surface area contributed by atoms with Crippen molar-refractivity contribution in [3.8, 4) is 22.4 Å². The summed E-state index contributed by atoms with van der Waals surface area (Å²) in [6.45, 7) is -6.26. The van der Waals surface area contributed by atoms with Crippen LogP contribution in [-0.4, -0.2) is 4.98 Å². The molecule has 37 heavy (non-hydrogen) atoms. The zero-order valence-corrected chi connectivity index (χ0v) is 21.0. The molecular weight excluding hydrogens is 450 g/mol. The van der Waals surface area contributed by atoms with Crippen molar-refractivity contribution in [3.05, 3.63) is 88.6 Å². The molecule has 0 saturated heterocycles. The Morgan fingerprint density at radius 3 is 2.43 bits per heavy atom. The maximum Gasteiger partial charge on any atom is 0.144 e. The van der Waals surface area contributed by atoms with Gasteiger partial charge in [-0.2, -0.15) is 0 Å². The average Bonchev–Trinajstić information content (AvgIpc) is 3.39. The minimum absolute atomic E-state index is 0.00418. The third-order valence-electron chi connectivity index (χ3n) is 7.70. The molecule has 2 nitrogen and oxygen atoms in total. The summed E-state index contributed by atoms with van der Waals surface area (Å²) in [5.41, 5.74) is 1.11. The number of hydrogen-bond donors (Lipinski definition) is 0. The summed E-state index contributed by atoms with van der Waals surface area (Å²) in [6, 6.07) is 13.8. The Morgan fingerprint density at radius 1 is 0.811 bits per heavy atom. The lowest BCUT2D eigenvalue weighted by atomic mass is 9.71. The molecule has 2 aromatic heterocycles. The summed E-state index contributed by atoms with van der Waals surface area (Å²) >= 11 is 0. The van der Waals surface area contributed by atoms with Crippen LogP contribution in [0, 0.1) is 32.8 Å². The van der Waals surface area contributed by atoms with Crippen LogP contribution in [0.3, 0.4) is 0 Å². The number of hydrogen-bond acceptors (Lipinski definition) is 2. The van der Waals surface area contributed by atoms with E-state index in [-0.39, 0.29) is 61.0 Å². The Labute approximate surface area is 239 Å². The summed E-state index contributed by atoms with van der Waals surface area (Å²) < 4.78 is 114. The molecule has 6 rings (SSSR count). The highest BCUT2D eigenvalue weighted by molar-refractivity contribution is 6.10. The van der Waals surface area contributed by atoms with Crippen LogP contribution in [0.15, 0.2) is 65.2 Å². The van der Waals surface area contributed by atoms with Crippen molar-refractivity contribution in [2.75, 3.05) is 0 Å². The molecule has 0 atom stereocenters. The van der Waals surface area contributed by atoms with Crippen LogP contribution in [0.1, 0.15) is 91.1 Å². The molecule has 0 radical (unpaired) electrons. The van der Waals surface area contributed by atoms with E-state index in [4.69, 9.17) is 20.9 Å². The third-order valence-corrected chi connectivity index (χ3v) is 7.70. The molecule has 0 unspecified atom stereocenters. The fourth-order valence-corrected chi connectivity index (χ4v) is 5.44. The smallest absolute Gasteiger partial charge is 0.144 e. The van der Waals surface area contributed by atoms with Crippen molar-refractivity contribution >= 4 is 21.9 Å². The largest absolute Gasteiger partial charge is 0.455 e. The number of fused-ring (bicyclic) bond motifs is 3. The Balaban J connectivity index is 1.58. The monoisotopic (exact) mass is 500 g/mol. The fraction of sp³-hybridized carbons (Fsp3) is 0.343. The molecule has 1 aliphatic rings. The number of nitrogens with zero attached hydrogens (tertiary/aromatic N) is 1. The van der Waals surface area contributed by atoms with Gasteiger partial charge in [0, 0.05) is 40.4 Å². The fourth-order valence-electron chi connectivity index (χ4n) is 5.44. The molecule has 188 valence electrons. The van der Waals surface area contributed by atoms with E-state index in [0.717, 1.165) is 18.9 Å². The van der Waals surface area contributed by atoms with Crippen molar-refractivity contribution in [1.29, 1.82) is 0 Å². The van der Waals surface area contributed by atoms with Crippen LogP contribution in [0.5, 0.6) is 0 Å². The topological polar surface area (TPSA) is 26.0 Å². The second-order valence-corrected chi connectivity index (χ2v) is 10.8. The number of aryl methyl sites for hydroxylation is 4. The zero-order valence-electron chi connectivity index (χ0n) is 34.0. The van der Waals surface area contributed by atoms with Gasteiger partial charge in [-0.15, -0.1) is 0 Å². The molecule has 2 heteroatoms. The van der Waals surface area contributed by atoms with Gasteiger partial charge in [-0.3, -0.25) is 4.98 Å². The van der Waals surface area contributed by atoms with Gasteiger partial charge in [-0.25, -0.2) is 0 Å². The van der Waals surface area contributed by atoms with Crippen LogP contribution in [-0.2, 0) is 0 Å². The van der Waals surface area contributed by atoms with Gasteiger partial charge in [0.25, 0.3) is 0 Å². The molecule has 1 fully saturated rings. The average molecular weight is 501 g/mol. The molecule has 0 N–H and O–H groups in total. The van der Waals surface area contributed by atoms with Crippen LogP contribution < -0.4 is 0 Å². The Kier molecular flexibility index (Phi) is 3.22. The summed E-state index contributed by atoms with van der Waals surface area (Å²) in [7, 11) is 0. The minimum Gasteiger partial charge on any atom is -0.455 e. The second-order valence-electron chi connectivity index (χ2n) is 10.8. The molecule has 0 bridgehead atoms. The van der Waals surface area contributed by atoms with Crippen molar-refractivity contribution in [3.63, 3.8) is 0 Å². The predicted molar refractivity (Wildman–Crippen MR) is 156 cm³/mol. The number of para-hydroxylation sites is 1. The summed E-state index contributed by atoms with van der Waals surface area (Å²) in [5.74, 6) is -0.978. The van der Waals surface area contributed by atoms with E-state index in [2.05, 4.69) is 18.8 Å². The van der Waals surface area contributed by atoms with Gasteiger partial charge in [-0.1, -0.05) is 50.2 Å². The van der Waals surface area contributed by atoms with Crippen LogP contribution >= 0.6 is 0 Å². The van der Waals surface area contributed by atoms with Gasteiger partial charge in [0.1, 0.15) is 11.2 Å². The molecule has 2 heterocycles. The van der Waals surface area contributed by atoms with Crippen molar-refractivity contribution < 1.29 is 22.2 Å². The lowest BCUT2D eigenvalue weighted by molar-refractivity contribution is 0.224. The number of benzene rings is 3. The van der Waals surface area contributed by atoms with E-state index < -0.39 is 33.3 Å². The highest BCUT2D eigenvalue weighted by Gasteiger charge is 2.28. The number of pyridine rings is 1. The molecule has 1 saturated carbocycles. The maximum absolute atomic E-state index is 9.27. The van der Waals surface area contributed by atoms with Crippen molar-refractivity contribution in [2.45, 2.75) is 72.8 Å². The number of rotatable bonds is 3. The van der Waals surface area contributed by atoms with Gasteiger partial charge in [0.2, 0.25) is 0 Å². The van der Waals surface area contributed by atoms with Crippen molar-refractivity contribution in [2.24, 2.45) is 5.41 Å². The van der Waals surface area contributed by atoms with E-state index >= 15 is 0 Å². The van der Waals surface area contributed by atoms with E-state index in [1.807, 2.05) is 0 Å². The van der Waals surface area contributed by atoms with Gasteiger partial charge >= 0.3 is 0 Å². The number of furan rings is 1. The lowest BCUT2D eigenvalue weighted by Gasteiger charge is -2.34. The zero-order chi connectivity index (χ0) is 36.8. The first-order valence-electron chi connectivity index (χ1n) is 19.1. The Hall–Kier alpha value is -3.39. The third kappa shape index (κ3) is 4.27. The molecule has 0 amide bonds. The summed E-state index contributed by atoms with van der Waals surface area (Å²) in [5, 5.41) is 0.720. The minimum atomic E-state index is -2.69. The standard InChI is InChI=1S/C35H37NO/c1-21-16-23(3)33-31(17-21)28-8-7-9-29(34(28)37-33)32-19-30(24(4)20-36-32)27-11-10-26(18-22(27)2)25-12-14-35(5,6)15-13-25/h7-11,16-20,25H,12-15H2,1-6H3/i1D3,2D3,3D3,4D3,25D. The quantitative estimate of drug-likeness (QED) is 0.246.